The van der Waals surface area contributed by atoms with Crippen molar-refractivity contribution in [2.24, 2.45) is 0 Å². The maximum Gasteiger partial charge on any atom is 0.364 e. The van der Waals surface area contributed by atoms with Crippen LogP contribution in [0.5, 0.6) is 17.2 Å². The minimum atomic E-state index is -1.81. The van der Waals surface area contributed by atoms with Gasteiger partial charge in [-0.15, -0.1) is 0 Å². The first kappa shape index (κ1) is 41.5. The van der Waals surface area contributed by atoms with Gasteiger partial charge in [0, 0.05) is 45.7 Å². The Morgan fingerprint density at radius 3 is 2.05 bits per heavy atom. The van der Waals surface area contributed by atoms with Crippen molar-refractivity contribution in [3.8, 4) is 17.2 Å². The average molecular weight is 768 g/mol. The van der Waals surface area contributed by atoms with E-state index in [2.05, 4.69) is 5.32 Å². The number of phenols is 1. The molecule has 1 amide bonds. The van der Waals surface area contributed by atoms with Crippen molar-refractivity contribution < 1.29 is 71.4 Å². The zero-order valence-electron chi connectivity index (χ0n) is 31.3. The van der Waals surface area contributed by atoms with Gasteiger partial charge in [-0.25, -0.2) is 4.79 Å². The Morgan fingerprint density at radius 1 is 0.818 bits per heavy atom. The molecule has 0 aliphatic carbocycles. The molecule has 0 radical (unpaired) electrons. The van der Waals surface area contributed by atoms with Gasteiger partial charge in [0.2, 0.25) is 12.4 Å². The fraction of sp³-hybridized carbons (Fsp3) is 0.395. The monoisotopic (exact) mass is 767 g/mol. The minimum Gasteiger partial charge on any atom is -0.508 e. The highest BCUT2D eigenvalue weighted by atomic mass is 16.7. The largest absolute Gasteiger partial charge is 0.508 e. The van der Waals surface area contributed by atoms with Crippen LogP contribution in [0.2, 0.25) is 0 Å². The van der Waals surface area contributed by atoms with E-state index >= 15 is 0 Å². The third kappa shape index (κ3) is 10.5. The number of fused-ring (bicyclic) bond motifs is 1. The lowest BCUT2D eigenvalue weighted by Crippen LogP contribution is -2.63. The Labute approximate surface area is 314 Å². The predicted octanol–water partition coefficient (Wildman–Crippen LogP) is 3.96. The van der Waals surface area contributed by atoms with Crippen LogP contribution in [0.25, 0.3) is 11.0 Å². The molecule has 17 nitrogen and oxygen atoms in total. The highest BCUT2D eigenvalue weighted by Crippen LogP contribution is 2.39. The van der Waals surface area contributed by atoms with Gasteiger partial charge in [-0.05, 0) is 63.1 Å². The lowest BCUT2D eigenvalue weighted by molar-refractivity contribution is -0.288. The van der Waals surface area contributed by atoms with Crippen LogP contribution in [0.1, 0.15) is 70.0 Å². The number of carbonyl (C=O) groups is 6. The van der Waals surface area contributed by atoms with E-state index < -0.39 is 90.1 Å². The van der Waals surface area contributed by atoms with Gasteiger partial charge in [0.1, 0.15) is 29.8 Å². The summed E-state index contributed by atoms with van der Waals surface area (Å²) in [5.41, 5.74) is -0.269. The molecule has 1 fully saturated rings. The van der Waals surface area contributed by atoms with Crippen LogP contribution in [0.3, 0.4) is 0 Å². The molecule has 0 saturated carbocycles. The second-order valence-corrected chi connectivity index (χ2v) is 12.7. The number of amides is 1. The Morgan fingerprint density at radius 2 is 1.45 bits per heavy atom. The van der Waals surface area contributed by atoms with Crippen molar-refractivity contribution in [1.82, 2.24) is 0 Å². The molecule has 4 rings (SSSR count). The van der Waals surface area contributed by atoms with Gasteiger partial charge in [0.25, 0.3) is 5.91 Å². The molecule has 1 aromatic heterocycles. The SMILES string of the molecule is CC(=O)OC[C@H]1O[C@@H](Oc2c(NC(=O)c3ccc(OC(C)=O)c(CC=C(C)C)c3)c(=O)oc3c(C)c(O)ccc23)[C@H](OC(C)=O)[C@@H](OC(C)=O)[C@@H]1OC(C)=O. The highest BCUT2D eigenvalue weighted by molar-refractivity contribution is 6.07. The van der Waals surface area contributed by atoms with E-state index in [0.717, 1.165) is 33.3 Å². The summed E-state index contributed by atoms with van der Waals surface area (Å²) < 4.78 is 44.8. The van der Waals surface area contributed by atoms with Crippen LogP contribution in [0.15, 0.2) is 51.2 Å². The molecule has 2 N–H and O–H groups in total. The van der Waals surface area contributed by atoms with E-state index in [1.54, 1.807) is 0 Å². The maximum absolute atomic E-state index is 13.9. The second kappa shape index (κ2) is 17.7. The zero-order chi connectivity index (χ0) is 40.7. The molecule has 1 aliphatic rings. The number of benzene rings is 2. The van der Waals surface area contributed by atoms with Crippen LogP contribution in [-0.4, -0.2) is 78.2 Å². The highest BCUT2D eigenvalue weighted by Gasteiger charge is 2.53. The minimum absolute atomic E-state index is 0.0208. The molecule has 1 aliphatic heterocycles. The van der Waals surface area contributed by atoms with Crippen molar-refractivity contribution in [1.29, 1.82) is 0 Å². The molecule has 294 valence electrons. The average Bonchev–Trinajstić information content (AvgIpc) is 3.08. The molecule has 17 heteroatoms. The third-order valence-corrected chi connectivity index (χ3v) is 7.98. The number of anilines is 1. The topological polar surface area (TPSA) is 229 Å². The van der Waals surface area contributed by atoms with Gasteiger partial charge in [0.15, 0.2) is 23.6 Å². The first-order valence-electron chi connectivity index (χ1n) is 16.9. The third-order valence-electron chi connectivity index (χ3n) is 7.98. The van der Waals surface area contributed by atoms with Gasteiger partial charge in [-0.3, -0.25) is 28.8 Å². The molecular weight excluding hydrogens is 726 g/mol. The number of hydrogen-bond donors (Lipinski definition) is 2. The lowest BCUT2D eigenvalue weighted by Gasteiger charge is -2.44. The molecule has 0 unspecified atom stereocenters. The summed E-state index contributed by atoms with van der Waals surface area (Å²) in [6, 6.07) is 6.85. The van der Waals surface area contributed by atoms with Crippen LogP contribution < -0.4 is 20.4 Å². The fourth-order valence-electron chi connectivity index (χ4n) is 5.63. The van der Waals surface area contributed by atoms with Crippen molar-refractivity contribution in [2.45, 2.75) is 92.5 Å². The van der Waals surface area contributed by atoms with E-state index in [1.807, 2.05) is 19.9 Å². The number of ether oxygens (including phenoxy) is 7. The molecular formula is C38H41NO16. The van der Waals surface area contributed by atoms with Gasteiger partial charge in [-0.2, -0.15) is 0 Å². The summed E-state index contributed by atoms with van der Waals surface area (Å²) in [5.74, 6) is -5.23. The molecule has 55 heavy (non-hydrogen) atoms. The van der Waals surface area contributed by atoms with E-state index in [0.29, 0.717) is 12.0 Å². The van der Waals surface area contributed by atoms with Crippen molar-refractivity contribution >= 4 is 52.4 Å². The molecule has 0 bridgehead atoms. The summed E-state index contributed by atoms with van der Waals surface area (Å²) in [6.07, 6.45) is -5.88. The fourth-order valence-corrected chi connectivity index (χ4v) is 5.63. The second-order valence-electron chi connectivity index (χ2n) is 12.7. The Hall–Kier alpha value is -6.23. The Bertz CT molecular complexity index is 2100. The summed E-state index contributed by atoms with van der Waals surface area (Å²) in [6.45, 7) is 10.1. The first-order valence-corrected chi connectivity index (χ1v) is 16.9. The first-order chi connectivity index (χ1) is 25.9. The smallest absolute Gasteiger partial charge is 0.364 e. The number of carbonyl (C=O) groups excluding carboxylic acids is 6. The van der Waals surface area contributed by atoms with Gasteiger partial charge in [-0.1, -0.05) is 11.6 Å². The molecule has 3 aromatic rings. The molecule has 1 saturated heterocycles. The van der Waals surface area contributed by atoms with E-state index in [1.165, 1.54) is 44.2 Å². The summed E-state index contributed by atoms with van der Waals surface area (Å²) >= 11 is 0. The number of esters is 5. The van der Waals surface area contributed by atoms with Crippen LogP contribution >= 0.6 is 0 Å². The van der Waals surface area contributed by atoms with E-state index in [9.17, 15) is 38.7 Å². The number of nitrogens with one attached hydrogen (secondary N) is 1. The Kier molecular flexibility index (Phi) is 13.4. The quantitative estimate of drug-likeness (QED) is 0.0874. The summed E-state index contributed by atoms with van der Waals surface area (Å²) in [7, 11) is 0. The summed E-state index contributed by atoms with van der Waals surface area (Å²) in [4.78, 5) is 88.1. The number of allylic oxidation sites excluding steroid dienone is 2. The number of rotatable bonds is 12. The van der Waals surface area contributed by atoms with Crippen molar-refractivity contribution in [3.63, 3.8) is 0 Å². The predicted molar refractivity (Wildman–Crippen MR) is 190 cm³/mol. The van der Waals surface area contributed by atoms with Crippen LogP contribution in [0.4, 0.5) is 5.69 Å². The molecule has 2 aromatic carbocycles. The maximum atomic E-state index is 13.9. The number of aryl methyl sites for hydroxylation is 1. The summed E-state index contributed by atoms with van der Waals surface area (Å²) in [5, 5.41) is 13.0. The molecule has 5 atom stereocenters. The normalized spacial score (nSPS) is 19.0. The van der Waals surface area contributed by atoms with Crippen molar-refractivity contribution in [3.05, 3.63) is 69.1 Å². The molecule has 2 heterocycles. The van der Waals surface area contributed by atoms with Crippen LogP contribution in [0, 0.1) is 6.92 Å². The Balaban J connectivity index is 1.89. The van der Waals surface area contributed by atoms with Gasteiger partial charge >= 0.3 is 35.5 Å². The number of hydrogen-bond acceptors (Lipinski definition) is 16. The van der Waals surface area contributed by atoms with E-state index in [4.69, 9.17) is 37.6 Å². The standard InChI is InChI=1S/C38H41NO16/c1-17(2)9-10-24-15-25(11-14-28(24)49-20(5)41)36(46)39-30-32(26-12-13-27(45)18(3)31(26)54-37(30)47)55-38-35(52-23(8)44)34(51-22(7)43)33(50-21(6)42)29(53-38)16-48-19(4)40/h9,11-15,29,33-35,38,45H,10,16H2,1-8H3,(H,39,46)/t29-,33-,34+,35-,38+/m1/s1. The number of aromatic hydroxyl groups is 1. The molecule has 0 spiro atoms. The van der Waals surface area contributed by atoms with E-state index in [-0.39, 0.29) is 33.6 Å². The van der Waals surface area contributed by atoms with Gasteiger partial charge < -0.3 is 48.0 Å². The van der Waals surface area contributed by atoms with Crippen LogP contribution in [-0.2, 0) is 54.1 Å². The zero-order valence-corrected chi connectivity index (χ0v) is 31.3. The lowest BCUT2D eigenvalue weighted by atomic mass is 9.98. The van der Waals surface area contributed by atoms with Crippen molar-refractivity contribution in [2.75, 3.05) is 11.9 Å². The van der Waals surface area contributed by atoms with Gasteiger partial charge in [0.05, 0.1) is 5.39 Å². The number of phenolic OH excluding ortho intramolecular Hbond substituents is 1.